The first-order valence-electron chi connectivity index (χ1n) is 7.87. The molecule has 20 heavy (non-hydrogen) atoms. The lowest BCUT2D eigenvalue weighted by Gasteiger charge is -2.26. The van der Waals surface area contributed by atoms with E-state index < -0.39 is 0 Å². The van der Waals surface area contributed by atoms with Crippen molar-refractivity contribution < 1.29 is 4.74 Å². The number of nitrogens with one attached hydrogen (secondary N) is 1. The van der Waals surface area contributed by atoms with Gasteiger partial charge in [0.25, 0.3) is 0 Å². The molecule has 1 saturated heterocycles. The van der Waals surface area contributed by atoms with Crippen LogP contribution in [-0.4, -0.2) is 24.7 Å². The predicted molar refractivity (Wildman–Crippen MR) is 86.6 cm³/mol. The van der Waals surface area contributed by atoms with Crippen LogP contribution >= 0.6 is 11.8 Å². The predicted octanol–water partition coefficient (Wildman–Crippen LogP) is 4.02. The van der Waals surface area contributed by atoms with Gasteiger partial charge in [-0.2, -0.15) is 11.8 Å². The fourth-order valence-corrected chi connectivity index (χ4v) is 4.12. The Kier molecular flexibility index (Phi) is 4.90. The fourth-order valence-electron chi connectivity index (χ4n) is 2.92. The third-order valence-corrected chi connectivity index (χ3v) is 5.39. The molecule has 3 rings (SSSR count). The number of thioether (sulfide) groups is 1. The summed E-state index contributed by atoms with van der Waals surface area (Å²) in [6.45, 7) is 0. The topological polar surface area (TPSA) is 21.3 Å². The highest BCUT2D eigenvalue weighted by Gasteiger charge is 2.24. The van der Waals surface area contributed by atoms with Gasteiger partial charge in [-0.05, 0) is 74.3 Å². The molecule has 0 aromatic heterocycles. The second-order valence-corrected chi connectivity index (χ2v) is 7.25. The van der Waals surface area contributed by atoms with Gasteiger partial charge in [-0.15, -0.1) is 0 Å². The highest BCUT2D eigenvalue weighted by molar-refractivity contribution is 7.99. The zero-order valence-electron chi connectivity index (χ0n) is 12.3. The lowest BCUT2D eigenvalue weighted by molar-refractivity contribution is 0.302. The molecular weight excluding hydrogens is 266 g/mol. The van der Waals surface area contributed by atoms with Gasteiger partial charge in [-0.3, -0.25) is 0 Å². The highest BCUT2D eigenvalue weighted by atomic mass is 32.2. The molecule has 1 unspecified atom stereocenters. The number of rotatable bonds is 6. The maximum atomic E-state index is 5.92. The van der Waals surface area contributed by atoms with Crippen LogP contribution in [-0.2, 0) is 0 Å². The van der Waals surface area contributed by atoms with Crippen LogP contribution in [0.1, 0.15) is 43.7 Å². The molecule has 0 amide bonds. The van der Waals surface area contributed by atoms with Gasteiger partial charge >= 0.3 is 0 Å². The van der Waals surface area contributed by atoms with Gasteiger partial charge in [0.05, 0.1) is 6.10 Å². The van der Waals surface area contributed by atoms with E-state index >= 15 is 0 Å². The first kappa shape index (κ1) is 14.3. The number of ether oxygens (including phenoxy) is 1. The lowest BCUT2D eigenvalue weighted by Crippen LogP contribution is -2.22. The van der Waals surface area contributed by atoms with Crippen LogP contribution in [0.25, 0.3) is 0 Å². The van der Waals surface area contributed by atoms with Crippen LogP contribution in [0.5, 0.6) is 5.75 Å². The van der Waals surface area contributed by atoms with E-state index in [4.69, 9.17) is 4.74 Å². The van der Waals surface area contributed by atoms with Crippen molar-refractivity contribution >= 4 is 11.8 Å². The van der Waals surface area contributed by atoms with Gasteiger partial charge in [0.1, 0.15) is 5.75 Å². The van der Waals surface area contributed by atoms with E-state index in [0.29, 0.717) is 12.1 Å². The zero-order chi connectivity index (χ0) is 13.8. The van der Waals surface area contributed by atoms with Gasteiger partial charge in [0.15, 0.2) is 0 Å². The molecule has 0 bridgehead atoms. The molecule has 2 nitrogen and oxygen atoms in total. The minimum atomic E-state index is 0.464. The van der Waals surface area contributed by atoms with Crippen molar-refractivity contribution in [2.24, 2.45) is 5.92 Å². The lowest BCUT2D eigenvalue weighted by atomic mass is 9.91. The number of hydrogen-bond acceptors (Lipinski definition) is 3. The molecule has 1 atom stereocenters. The summed E-state index contributed by atoms with van der Waals surface area (Å²) >= 11 is 2.10. The highest BCUT2D eigenvalue weighted by Crippen LogP contribution is 2.33. The van der Waals surface area contributed by atoms with Crippen molar-refractivity contribution in [3.05, 3.63) is 29.8 Å². The van der Waals surface area contributed by atoms with Crippen LogP contribution in [0.15, 0.2) is 24.3 Å². The molecule has 3 heteroatoms. The van der Waals surface area contributed by atoms with Gasteiger partial charge in [-0.25, -0.2) is 0 Å². The van der Waals surface area contributed by atoms with Crippen molar-refractivity contribution in [3.63, 3.8) is 0 Å². The Morgan fingerprint density at radius 2 is 2.05 bits per heavy atom. The third kappa shape index (κ3) is 3.92. The molecule has 2 fully saturated rings. The molecule has 0 spiro atoms. The maximum Gasteiger partial charge on any atom is 0.120 e. The first-order valence-corrected chi connectivity index (χ1v) is 9.02. The van der Waals surface area contributed by atoms with Crippen LogP contribution < -0.4 is 10.1 Å². The quantitative estimate of drug-likeness (QED) is 0.855. The Morgan fingerprint density at radius 3 is 2.75 bits per heavy atom. The van der Waals surface area contributed by atoms with Crippen LogP contribution in [0.2, 0.25) is 0 Å². The Bertz CT molecular complexity index is 427. The van der Waals surface area contributed by atoms with E-state index in [1.807, 2.05) is 0 Å². The molecule has 1 aromatic carbocycles. The summed E-state index contributed by atoms with van der Waals surface area (Å²) in [6.07, 6.45) is 6.93. The summed E-state index contributed by atoms with van der Waals surface area (Å²) in [5.41, 5.74) is 1.38. The second kappa shape index (κ2) is 6.86. The average molecular weight is 291 g/mol. The Morgan fingerprint density at radius 1 is 1.25 bits per heavy atom. The van der Waals surface area contributed by atoms with E-state index in [-0.39, 0.29) is 0 Å². The van der Waals surface area contributed by atoms with Crippen molar-refractivity contribution in [2.75, 3.05) is 18.6 Å². The van der Waals surface area contributed by atoms with E-state index in [1.165, 1.54) is 49.2 Å². The smallest absolute Gasteiger partial charge is 0.120 e. The van der Waals surface area contributed by atoms with E-state index in [1.54, 1.807) is 0 Å². The first-order chi connectivity index (χ1) is 9.85. The van der Waals surface area contributed by atoms with Gasteiger partial charge in [-0.1, -0.05) is 12.1 Å². The second-order valence-electron chi connectivity index (χ2n) is 6.02. The third-order valence-electron chi connectivity index (χ3n) is 4.35. The van der Waals surface area contributed by atoms with Crippen molar-refractivity contribution in [2.45, 2.75) is 44.2 Å². The maximum absolute atomic E-state index is 5.92. The summed E-state index contributed by atoms with van der Waals surface area (Å²) in [5, 5.41) is 3.50. The molecule has 1 N–H and O–H groups in total. The van der Waals surface area contributed by atoms with Gasteiger partial charge < -0.3 is 10.1 Å². The fraction of sp³-hybridized carbons (Fsp3) is 0.647. The summed E-state index contributed by atoms with van der Waals surface area (Å²) in [4.78, 5) is 0. The standard InChI is InChI=1S/C17H25NOS/c1-18-17(11-13-7-9-20-10-8-13)14-3-2-4-16(12-14)19-15-5-6-15/h2-4,12-13,15,17-18H,5-11H2,1H3. The van der Waals surface area contributed by atoms with Crippen molar-refractivity contribution in [1.82, 2.24) is 5.32 Å². The van der Waals surface area contributed by atoms with Crippen LogP contribution in [0.3, 0.4) is 0 Å². The van der Waals surface area contributed by atoms with Gasteiger partial charge in [0, 0.05) is 6.04 Å². The van der Waals surface area contributed by atoms with E-state index in [0.717, 1.165) is 11.7 Å². The van der Waals surface area contributed by atoms with Gasteiger partial charge in [0.2, 0.25) is 0 Å². The monoisotopic (exact) mass is 291 g/mol. The summed E-state index contributed by atoms with van der Waals surface area (Å²) in [6, 6.07) is 9.15. The van der Waals surface area contributed by atoms with Crippen molar-refractivity contribution in [1.29, 1.82) is 0 Å². The SMILES string of the molecule is CNC(CC1CCSCC1)c1cccc(OC2CC2)c1. The minimum Gasteiger partial charge on any atom is -0.490 e. The average Bonchev–Trinajstić information content (AvgIpc) is 3.30. The zero-order valence-corrected chi connectivity index (χ0v) is 13.1. The molecule has 1 aromatic rings. The summed E-state index contributed by atoms with van der Waals surface area (Å²) in [5.74, 6) is 4.60. The largest absolute Gasteiger partial charge is 0.490 e. The normalized spacial score (nSPS) is 21.6. The molecule has 1 heterocycles. The Labute approximate surface area is 126 Å². The van der Waals surface area contributed by atoms with E-state index in [2.05, 4.69) is 48.4 Å². The Hall–Kier alpha value is -0.670. The minimum absolute atomic E-state index is 0.464. The molecule has 2 aliphatic rings. The van der Waals surface area contributed by atoms with Crippen LogP contribution in [0.4, 0.5) is 0 Å². The van der Waals surface area contributed by atoms with E-state index in [9.17, 15) is 0 Å². The summed E-state index contributed by atoms with van der Waals surface area (Å²) in [7, 11) is 2.08. The molecule has 0 radical (unpaired) electrons. The van der Waals surface area contributed by atoms with Crippen LogP contribution in [0, 0.1) is 5.92 Å². The number of benzene rings is 1. The molecular formula is C17H25NOS. The number of hydrogen-bond donors (Lipinski definition) is 1. The Balaban J connectivity index is 1.64. The molecule has 1 aliphatic heterocycles. The molecule has 1 saturated carbocycles. The molecule has 1 aliphatic carbocycles. The summed E-state index contributed by atoms with van der Waals surface area (Å²) < 4.78 is 5.92. The van der Waals surface area contributed by atoms with Crippen molar-refractivity contribution in [3.8, 4) is 5.75 Å². The molecule has 110 valence electrons.